The third-order valence-corrected chi connectivity index (χ3v) is 4.61. The Morgan fingerprint density at radius 3 is 2.82 bits per heavy atom. The van der Waals surface area contributed by atoms with Gasteiger partial charge in [-0.1, -0.05) is 17.7 Å². The van der Waals surface area contributed by atoms with Gasteiger partial charge in [0, 0.05) is 28.8 Å². The second-order valence-electron chi connectivity index (χ2n) is 6.36. The lowest BCUT2D eigenvalue weighted by atomic mass is 9.96. The number of aromatic amines is 1. The molecule has 4 rings (SSSR count). The van der Waals surface area contributed by atoms with Gasteiger partial charge >= 0.3 is 0 Å². The predicted octanol–water partition coefficient (Wildman–Crippen LogP) is 3.72. The van der Waals surface area contributed by atoms with E-state index in [0.717, 1.165) is 24.4 Å². The molecule has 3 heterocycles. The monoisotopic (exact) mass is 291 g/mol. The summed E-state index contributed by atoms with van der Waals surface area (Å²) in [5.74, 6) is 0. The Hall–Kier alpha value is -2.13. The molecule has 0 saturated heterocycles. The Morgan fingerprint density at radius 2 is 2.00 bits per heavy atom. The summed E-state index contributed by atoms with van der Waals surface area (Å²) in [7, 11) is 0. The average molecular weight is 291 g/mol. The molecule has 2 aromatic heterocycles. The summed E-state index contributed by atoms with van der Waals surface area (Å²) in [5, 5.41) is 5.00. The maximum Gasteiger partial charge on any atom is 0.0906 e. The molecule has 3 heteroatoms. The first-order valence-electron chi connectivity index (χ1n) is 7.92. The number of hydrogen-bond donors (Lipinski definition) is 2. The number of H-pyrrole nitrogens is 1. The summed E-state index contributed by atoms with van der Waals surface area (Å²) in [4.78, 5) is 8.40. The summed E-state index contributed by atoms with van der Waals surface area (Å²) in [6.45, 7) is 7.40. The van der Waals surface area contributed by atoms with Crippen LogP contribution in [-0.4, -0.2) is 16.5 Å². The predicted molar refractivity (Wildman–Crippen MR) is 90.3 cm³/mol. The molecule has 1 aromatic carbocycles. The van der Waals surface area contributed by atoms with Crippen LogP contribution in [0.25, 0.3) is 10.9 Å². The van der Waals surface area contributed by atoms with Crippen molar-refractivity contribution in [2.24, 2.45) is 0 Å². The van der Waals surface area contributed by atoms with Crippen molar-refractivity contribution < 1.29 is 0 Å². The molecule has 0 amide bonds. The van der Waals surface area contributed by atoms with Crippen LogP contribution in [0.15, 0.2) is 30.3 Å². The zero-order valence-electron chi connectivity index (χ0n) is 13.3. The molecule has 1 aliphatic rings. The minimum absolute atomic E-state index is 0.163. The summed E-state index contributed by atoms with van der Waals surface area (Å²) < 4.78 is 0. The molecular weight excluding hydrogens is 270 g/mol. The summed E-state index contributed by atoms with van der Waals surface area (Å²) >= 11 is 0. The average Bonchev–Trinajstić information content (AvgIpc) is 2.86. The van der Waals surface area contributed by atoms with Gasteiger partial charge in [-0.25, -0.2) is 0 Å². The smallest absolute Gasteiger partial charge is 0.0906 e. The molecule has 1 unspecified atom stereocenters. The SMILES string of the molecule is Cc1cc(C)c2[nH]c3c(c2c1)CCNC3c1cccc(C)n1. The Labute approximate surface area is 130 Å². The van der Waals surface area contributed by atoms with Crippen LogP contribution in [0, 0.1) is 20.8 Å². The van der Waals surface area contributed by atoms with Crippen LogP contribution in [0.3, 0.4) is 0 Å². The molecule has 0 aliphatic carbocycles. The molecule has 22 heavy (non-hydrogen) atoms. The molecule has 112 valence electrons. The second kappa shape index (κ2) is 4.96. The van der Waals surface area contributed by atoms with Crippen LogP contribution in [0.2, 0.25) is 0 Å². The van der Waals surface area contributed by atoms with Crippen molar-refractivity contribution in [3.63, 3.8) is 0 Å². The number of rotatable bonds is 1. The lowest BCUT2D eigenvalue weighted by Gasteiger charge is -2.24. The normalized spacial score (nSPS) is 17.7. The lowest BCUT2D eigenvalue weighted by Crippen LogP contribution is -2.31. The van der Waals surface area contributed by atoms with Crippen LogP contribution in [0.5, 0.6) is 0 Å². The minimum atomic E-state index is 0.163. The summed E-state index contributed by atoms with van der Waals surface area (Å²) in [6, 6.07) is 11.0. The number of nitrogens with one attached hydrogen (secondary N) is 2. The van der Waals surface area contributed by atoms with Crippen molar-refractivity contribution in [1.82, 2.24) is 15.3 Å². The van der Waals surface area contributed by atoms with Gasteiger partial charge in [-0.15, -0.1) is 0 Å². The molecule has 0 bridgehead atoms. The highest BCUT2D eigenvalue weighted by Gasteiger charge is 2.26. The molecule has 0 spiro atoms. The van der Waals surface area contributed by atoms with Gasteiger partial charge in [0.1, 0.15) is 0 Å². The van der Waals surface area contributed by atoms with Gasteiger partial charge in [0.25, 0.3) is 0 Å². The summed E-state index contributed by atoms with van der Waals surface area (Å²) in [5.41, 5.74) is 8.83. The van der Waals surface area contributed by atoms with Crippen molar-refractivity contribution >= 4 is 10.9 Å². The first-order chi connectivity index (χ1) is 10.6. The van der Waals surface area contributed by atoms with E-state index in [1.807, 2.05) is 13.0 Å². The Bertz CT molecular complexity index is 860. The number of aromatic nitrogens is 2. The Balaban J connectivity index is 1.93. The van der Waals surface area contributed by atoms with E-state index in [1.54, 1.807) is 0 Å². The molecule has 1 atom stereocenters. The first-order valence-corrected chi connectivity index (χ1v) is 7.92. The van der Waals surface area contributed by atoms with Crippen molar-refractivity contribution in [2.75, 3.05) is 6.54 Å². The third-order valence-electron chi connectivity index (χ3n) is 4.61. The van der Waals surface area contributed by atoms with E-state index in [4.69, 9.17) is 4.98 Å². The van der Waals surface area contributed by atoms with E-state index in [0.29, 0.717) is 0 Å². The van der Waals surface area contributed by atoms with E-state index in [9.17, 15) is 0 Å². The lowest BCUT2D eigenvalue weighted by molar-refractivity contribution is 0.548. The fourth-order valence-electron chi connectivity index (χ4n) is 3.66. The fourth-order valence-corrected chi connectivity index (χ4v) is 3.66. The van der Waals surface area contributed by atoms with E-state index in [1.165, 1.54) is 33.3 Å². The highest BCUT2D eigenvalue weighted by atomic mass is 15.0. The Morgan fingerprint density at radius 1 is 1.14 bits per heavy atom. The van der Waals surface area contributed by atoms with Gasteiger partial charge in [-0.2, -0.15) is 0 Å². The topological polar surface area (TPSA) is 40.7 Å². The standard InChI is InChI=1S/C19H21N3/c1-11-9-12(2)17-15(10-11)14-7-8-20-19(18(14)22-17)16-6-4-5-13(3)21-16/h4-6,9-10,19-20,22H,7-8H2,1-3H3. The largest absolute Gasteiger partial charge is 0.356 e. The highest BCUT2D eigenvalue weighted by molar-refractivity contribution is 5.88. The van der Waals surface area contributed by atoms with E-state index >= 15 is 0 Å². The van der Waals surface area contributed by atoms with Crippen LogP contribution in [-0.2, 0) is 6.42 Å². The van der Waals surface area contributed by atoms with Crippen molar-refractivity contribution in [3.05, 3.63) is 64.1 Å². The second-order valence-corrected chi connectivity index (χ2v) is 6.36. The number of benzene rings is 1. The van der Waals surface area contributed by atoms with Gasteiger partial charge in [0.2, 0.25) is 0 Å². The van der Waals surface area contributed by atoms with Crippen LogP contribution in [0.1, 0.15) is 39.8 Å². The Kier molecular flexibility index (Phi) is 3.05. The van der Waals surface area contributed by atoms with E-state index < -0.39 is 0 Å². The van der Waals surface area contributed by atoms with Crippen LogP contribution in [0.4, 0.5) is 0 Å². The molecule has 3 aromatic rings. The molecule has 0 saturated carbocycles. The third kappa shape index (κ3) is 2.04. The molecular formula is C19H21N3. The fraction of sp³-hybridized carbons (Fsp3) is 0.316. The molecule has 2 N–H and O–H groups in total. The van der Waals surface area contributed by atoms with Crippen LogP contribution < -0.4 is 5.32 Å². The number of fused-ring (bicyclic) bond motifs is 3. The van der Waals surface area contributed by atoms with Crippen molar-refractivity contribution in [2.45, 2.75) is 33.2 Å². The summed E-state index contributed by atoms with van der Waals surface area (Å²) in [6.07, 6.45) is 1.07. The quantitative estimate of drug-likeness (QED) is 0.717. The minimum Gasteiger partial charge on any atom is -0.356 e. The molecule has 1 aliphatic heterocycles. The van der Waals surface area contributed by atoms with Gasteiger partial charge in [0.05, 0.1) is 11.7 Å². The molecule has 0 fully saturated rings. The maximum atomic E-state index is 4.72. The van der Waals surface area contributed by atoms with Gasteiger partial charge in [-0.05, 0) is 56.5 Å². The van der Waals surface area contributed by atoms with Gasteiger partial charge < -0.3 is 10.3 Å². The zero-order chi connectivity index (χ0) is 15.3. The molecule has 3 nitrogen and oxygen atoms in total. The van der Waals surface area contributed by atoms with Gasteiger partial charge in [-0.3, -0.25) is 4.98 Å². The molecule has 0 radical (unpaired) electrons. The van der Waals surface area contributed by atoms with Gasteiger partial charge in [0.15, 0.2) is 0 Å². The van der Waals surface area contributed by atoms with E-state index in [2.05, 4.69) is 48.4 Å². The number of hydrogen-bond acceptors (Lipinski definition) is 2. The van der Waals surface area contributed by atoms with Crippen LogP contribution >= 0.6 is 0 Å². The number of pyridine rings is 1. The first kappa shape index (κ1) is 13.5. The number of aryl methyl sites for hydroxylation is 3. The van der Waals surface area contributed by atoms with Crippen molar-refractivity contribution in [3.8, 4) is 0 Å². The van der Waals surface area contributed by atoms with E-state index in [-0.39, 0.29) is 6.04 Å². The zero-order valence-corrected chi connectivity index (χ0v) is 13.3. The van der Waals surface area contributed by atoms with Crippen molar-refractivity contribution in [1.29, 1.82) is 0 Å². The number of nitrogens with zero attached hydrogens (tertiary/aromatic N) is 1. The maximum absolute atomic E-state index is 4.72. The highest BCUT2D eigenvalue weighted by Crippen LogP contribution is 2.34.